The minimum Gasteiger partial charge on any atom is -0.0620 e. The van der Waals surface area contributed by atoms with Gasteiger partial charge < -0.3 is 0 Å². The minimum absolute atomic E-state index is 0.178. The standard InChI is InChI=1S/C23H26P/c1-4-23(2,3)24(20-14-8-5-9-15-20,21-16-10-6-11-17-21)22-18-12-7-13-19-22/h5-19H,4H2,1-3H3/q+1. The van der Waals surface area contributed by atoms with Crippen LogP contribution in [-0.4, -0.2) is 5.16 Å². The molecule has 0 atom stereocenters. The molecule has 0 saturated heterocycles. The van der Waals surface area contributed by atoms with E-state index in [1.807, 2.05) is 0 Å². The SMILES string of the molecule is CCC(C)(C)[P+](c1ccccc1)(c1ccccc1)c1ccccc1. The fraction of sp³-hybridized carbons (Fsp3) is 0.217. The molecule has 0 heterocycles. The van der Waals surface area contributed by atoms with Crippen LogP contribution >= 0.6 is 7.26 Å². The monoisotopic (exact) mass is 333 g/mol. The average molecular weight is 333 g/mol. The zero-order valence-corrected chi connectivity index (χ0v) is 15.7. The average Bonchev–Trinajstić information content (AvgIpc) is 2.65. The summed E-state index contributed by atoms with van der Waals surface area (Å²) in [6.45, 7) is 7.20. The lowest BCUT2D eigenvalue weighted by Gasteiger charge is -2.40. The van der Waals surface area contributed by atoms with Crippen molar-refractivity contribution in [3.8, 4) is 0 Å². The summed E-state index contributed by atoms with van der Waals surface area (Å²) in [4.78, 5) is 0. The summed E-state index contributed by atoms with van der Waals surface area (Å²) < 4.78 is 0. The maximum absolute atomic E-state index is 2.44. The van der Waals surface area contributed by atoms with Crippen molar-refractivity contribution in [3.05, 3.63) is 91.0 Å². The molecule has 1 heteroatoms. The highest BCUT2D eigenvalue weighted by Crippen LogP contribution is 2.66. The smallest absolute Gasteiger partial charge is 0.0620 e. The van der Waals surface area contributed by atoms with Gasteiger partial charge in [-0.3, -0.25) is 0 Å². The molecule has 3 aromatic carbocycles. The van der Waals surface area contributed by atoms with Crippen LogP contribution < -0.4 is 15.9 Å². The quantitative estimate of drug-likeness (QED) is 0.565. The molecule has 0 amide bonds. The number of hydrogen-bond donors (Lipinski definition) is 0. The van der Waals surface area contributed by atoms with Crippen LogP contribution in [0.3, 0.4) is 0 Å². The molecular weight excluding hydrogens is 307 g/mol. The Morgan fingerprint density at radius 1 is 0.583 bits per heavy atom. The van der Waals surface area contributed by atoms with Crippen LogP contribution in [0.1, 0.15) is 27.2 Å². The van der Waals surface area contributed by atoms with Gasteiger partial charge in [0.25, 0.3) is 0 Å². The van der Waals surface area contributed by atoms with E-state index in [0.717, 1.165) is 6.42 Å². The van der Waals surface area contributed by atoms with E-state index in [-0.39, 0.29) is 5.16 Å². The summed E-state index contributed by atoms with van der Waals surface area (Å²) in [5.41, 5.74) is 0. The molecule has 0 aromatic heterocycles. The third kappa shape index (κ3) is 2.70. The first-order valence-electron chi connectivity index (χ1n) is 8.69. The molecule has 0 aliphatic heterocycles. The Morgan fingerprint density at radius 2 is 0.875 bits per heavy atom. The highest BCUT2D eigenvalue weighted by molar-refractivity contribution is 7.96. The third-order valence-electron chi connectivity index (χ3n) is 5.20. The van der Waals surface area contributed by atoms with Crippen LogP contribution in [0.4, 0.5) is 0 Å². The summed E-state index contributed by atoms with van der Waals surface area (Å²) in [6, 6.07) is 33.4. The van der Waals surface area contributed by atoms with Gasteiger partial charge in [0.05, 0.1) is 5.16 Å². The van der Waals surface area contributed by atoms with Crippen molar-refractivity contribution in [2.75, 3.05) is 0 Å². The fourth-order valence-electron chi connectivity index (χ4n) is 3.69. The van der Waals surface area contributed by atoms with Crippen molar-refractivity contribution in [3.63, 3.8) is 0 Å². The fourth-order valence-corrected chi connectivity index (χ4v) is 9.01. The lowest BCUT2D eigenvalue weighted by Crippen LogP contribution is -2.43. The Kier molecular flexibility index (Phi) is 4.88. The Balaban J connectivity index is 2.42. The van der Waals surface area contributed by atoms with Crippen molar-refractivity contribution in [1.82, 2.24) is 0 Å². The van der Waals surface area contributed by atoms with Crippen LogP contribution in [0.25, 0.3) is 0 Å². The predicted molar refractivity (Wildman–Crippen MR) is 110 cm³/mol. The first-order chi connectivity index (χ1) is 11.6. The molecule has 0 spiro atoms. The van der Waals surface area contributed by atoms with E-state index in [1.54, 1.807) is 0 Å². The van der Waals surface area contributed by atoms with Crippen molar-refractivity contribution >= 4 is 23.2 Å². The molecule has 0 saturated carbocycles. The van der Waals surface area contributed by atoms with Crippen LogP contribution in [-0.2, 0) is 0 Å². The molecule has 0 aliphatic rings. The minimum atomic E-state index is -1.76. The Hall–Kier alpha value is -1.91. The van der Waals surface area contributed by atoms with E-state index < -0.39 is 7.26 Å². The van der Waals surface area contributed by atoms with Gasteiger partial charge in [-0.15, -0.1) is 0 Å². The van der Waals surface area contributed by atoms with E-state index in [1.165, 1.54) is 15.9 Å². The van der Waals surface area contributed by atoms with E-state index >= 15 is 0 Å². The molecule has 122 valence electrons. The van der Waals surface area contributed by atoms with Crippen LogP contribution in [0, 0.1) is 0 Å². The second-order valence-electron chi connectivity index (χ2n) is 6.84. The van der Waals surface area contributed by atoms with Crippen LogP contribution in [0.15, 0.2) is 91.0 Å². The highest BCUT2D eigenvalue weighted by Gasteiger charge is 2.56. The lowest BCUT2D eigenvalue weighted by molar-refractivity contribution is 0.671. The zero-order chi connectivity index (χ0) is 17.0. The molecule has 0 radical (unpaired) electrons. The highest BCUT2D eigenvalue weighted by atomic mass is 31.2. The van der Waals surface area contributed by atoms with Gasteiger partial charge in [0.15, 0.2) is 0 Å². The summed E-state index contributed by atoms with van der Waals surface area (Å²) >= 11 is 0. The van der Waals surface area contributed by atoms with Gasteiger partial charge in [-0.2, -0.15) is 0 Å². The van der Waals surface area contributed by atoms with Gasteiger partial charge in [0, 0.05) is 0 Å². The molecule has 3 rings (SSSR count). The molecule has 0 N–H and O–H groups in total. The molecule has 0 bridgehead atoms. The van der Waals surface area contributed by atoms with Crippen molar-refractivity contribution < 1.29 is 0 Å². The third-order valence-corrected chi connectivity index (χ3v) is 10.6. The number of benzene rings is 3. The number of hydrogen-bond acceptors (Lipinski definition) is 0. The second-order valence-corrected chi connectivity index (χ2v) is 10.9. The topological polar surface area (TPSA) is 0 Å². The molecule has 0 nitrogen and oxygen atoms in total. The summed E-state index contributed by atoms with van der Waals surface area (Å²) in [5, 5.41) is 4.58. The molecule has 0 unspecified atom stereocenters. The molecule has 0 aliphatic carbocycles. The van der Waals surface area contributed by atoms with E-state index in [4.69, 9.17) is 0 Å². The van der Waals surface area contributed by atoms with Gasteiger partial charge in [-0.1, -0.05) is 61.5 Å². The van der Waals surface area contributed by atoms with E-state index in [0.29, 0.717) is 0 Å². The van der Waals surface area contributed by atoms with Crippen molar-refractivity contribution in [2.24, 2.45) is 0 Å². The Labute approximate surface area is 146 Å². The first-order valence-corrected chi connectivity index (χ1v) is 10.5. The molecule has 0 fully saturated rings. The lowest BCUT2D eigenvalue weighted by atomic mass is 10.1. The Morgan fingerprint density at radius 3 is 1.12 bits per heavy atom. The summed E-state index contributed by atoms with van der Waals surface area (Å²) in [6.07, 6.45) is 1.14. The normalized spacial score (nSPS) is 12.1. The molecular formula is C23H26P+. The van der Waals surface area contributed by atoms with Gasteiger partial charge in [0.2, 0.25) is 0 Å². The molecule has 24 heavy (non-hydrogen) atoms. The van der Waals surface area contributed by atoms with Crippen molar-refractivity contribution in [2.45, 2.75) is 32.3 Å². The van der Waals surface area contributed by atoms with Gasteiger partial charge >= 0.3 is 0 Å². The van der Waals surface area contributed by atoms with Crippen LogP contribution in [0.5, 0.6) is 0 Å². The number of rotatable bonds is 5. The maximum atomic E-state index is 2.44. The van der Waals surface area contributed by atoms with E-state index in [2.05, 4.69) is 112 Å². The van der Waals surface area contributed by atoms with Gasteiger partial charge in [-0.25, -0.2) is 0 Å². The van der Waals surface area contributed by atoms with Gasteiger partial charge in [-0.05, 0) is 56.7 Å². The predicted octanol–water partition coefficient (Wildman–Crippen LogP) is 5.17. The van der Waals surface area contributed by atoms with Gasteiger partial charge in [0.1, 0.15) is 23.2 Å². The van der Waals surface area contributed by atoms with E-state index in [9.17, 15) is 0 Å². The maximum Gasteiger partial charge on any atom is 0.117 e. The Bertz CT molecular complexity index is 664. The second kappa shape index (κ2) is 6.91. The summed E-state index contributed by atoms with van der Waals surface area (Å²) in [5.74, 6) is 0. The van der Waals surface area contributed by atoms with Crippen LogP contribution in [0.2, 0.25) is 0 Å². The zero-order valence-electron chi connectivity index (χ0n) is 14.8. The van der Waals surface area contributed by atoms with Crippen molar-refractivity contribution in [1.29, 1.82) is 0 Å². The largest absolute Gasteiger partial charge is 0.117 e. The summed E-state index contributed by atoms with van der Waals surface area (Å²) in [7, 11) is -1.76. The first kappa shape index (κ1) is 16.9. The molecule has 3 aromatic rings.